The number of nitrogens with one attached hydrogen (secondary N) is 1. The van der Waals surface area contributed by atoms with E-state index in [-0.39, 0.29) is 6.03 Å². The van der Waals surface area contributed by atoms with Crippen molar-refractivity contribution in [1.29, 1.82) is 0 Å². The molecule has 1 aliphatic heterocycles. The van der Waals surface area contributed by atoms with Gasteiger partial charge in [0.2, 0.25) is 0 Å². The molecule has 1 aromatic heterocycles. The van der Waals surface area contributed by atoms with Gasteiger partial charge in [0, 0.05) is 47.8 Å². The summed E-state index contributed by atoms with van der Waals surface area (Å²) in [6.07, 6.45) is 5.11. The van der Waals surface area contributed by atoms with Crippen LogP contribution in [0.5, 0.6) is 0 Å². The van der Waals surface area contributed by atoms with Crippen LogP contribution >= 0.6 is 11.8 Å². The number of hydrogen-bond acceptors (Lipinski definition) is 2. The van der Waals surface area contributed by atoms with Gasteiger partial charge >= 0.3 is 6.03 Å². The van der Waals surface area contributed by atoms with Gasteiger partial charge in [0.05, 0.1) is 0 Å². The summed E-state index contributed by atoms with van der Waals surface area (Å²) in [7, 11) is 2.08. The average molecular weight is 351 g/mol. The summed E-state index contributed by atoms with van der Waals surface area (Å²) in [4.78, 5) is 15.8. The number of anilines is 1. The van der Waals surface area contributed by atoms with E-state index in [9.17, 15) is 4.79 Å². The van der Waals surface area contributed by atoms with Crippen LogP contribution in [0.3, 0.4) is 0 Å². The molecule has 4 nitrogen and oxygen atoms in total. The van der Waals surface area contributed by atoms with E-state index in [4.69, 9.17) is 0 Å². The molecular weight excluding hydrogens is 330 g/mol. The highest BCUT2D eigenvalue weighted by molar-refractivity contribution is 7.98. The Morgan fingerprint density at radius 3 is 2.84 bits per heavy atom. The highest BCUT2D eigenvalue weighted by Crippen LogP contribution is 2.29. The first-order chi connectivity index (χ1) is 12.2. The minimum absolute atomic E-state index is 0.0372. The summed E-state index contributed by atoms with van der Waals surface area (Å²) in [5.41, 5.74) is 4.63. The molecule has 128 valence electrons. The molecule has 0 aliphatic carbocycles. The molecule has 4 rings (SSSR count). The van der Waals surface area contributed by atoms with Gasteiger partial charge in [0.15, 0.2) is 0 Å². The first kappa shape index (κ1) is 16.1. The molecule has 0 spiro atoms. The van der Waals surface area contributed by atoms with Gasteiger partial charge in [-0.2, -0.15) is 0 Å². The Kier molecular flexibility index (Phi) is 4.17. The van der Waals surface area contributed by atoms with Gasteiger partial charge in [-0.05, 0) is 48.1 Å². The minimum atomic E-state index is -0.0372. The summed E-state index contributed by atoms with van der Waals surface area (Å²) >= 11 is 1.67. The van der Waals surface area contributed by atoms with Crippen LogP contribution in [-0.2, 0) is 20.0 Å². The van der Waals surface area contributed by atoms with Crippen molar-refractivity contribution in [2.75, 3.05) is 18.1 Å². The predicted molar refractivity (Wildman–Crippen MR) is 104 cm³/mol. The molecule has 0 saturated carbocycles. The molecule has 0 bridgehead atoms. The van der Waals surface area contributed by atoms with Crippen LogP contribution in [0.4, 0.5) is 10.5 Å². The molecular formula is C20H21N3OS. The lowest BCUT2D eigenvalue weighted by atomic mass is 10.1. The van der Waals surface area contributed by atoms with Crippen LogP contribution in [-0.4, -0.2) is 28.3 Å². The van der Waals surface area contributed by atoms with Gasteiger partial charge in [-0.25, -0.2) is 4.79 Å². The van der Waals surface area contributed by atoms with Gasteiger partial charge in [-0.3, -0.25) is 0 Å². The summed E-state index contributed by atoms with van der Waals surface area (Å²) in [5, 5.41) is 4.35. The fraction of sp³-hybridized carbons (Fsp3) is 0.250. The van der Waals surface area contributed by atoms with Crippen molar-refractivity contribution in [3.63, 3.8) is 0 Å². The molecule has 5 heteroatoms. The first-order valence-corrected chi connectivity index (χ1v) is 9.64. The molecule has 2 heterocycles. The van der Waals surface area contributed by atoms with Crippen molar-refractivity contribution >= 4 is 34.4 Å². The number of amides is 2. The summed E-state index contributed by atoms with van der Waals surface area (Å²) < 4.78 is 2.18. The quantitative estimate of drug-likeness (QED) is 0.691. The molecule has 2 amide bonds. The van der Waals surface area contributed by atoms with E-state index in [0.29, 0.717) is 6.54 Å². The van der Waals surface area contributed by atoms with Gasteiger partial charge in [-0.15, -0.1) is 11.8 Å². The number of aryl methyl sites for hydroxylation is 1. The fourth-order valence-corrected chi connectivity index (χ4v) is 4.02. The molecule has 0 radical (unpaired) electrons. The van der Waals surface area contributed by atoms with E-state index in [0.717, 1.165) is 23.5 Å². The molecule has 0 saturated heterocycles. The highest BCUT2D eigenvalue weighted by Gasteiger charge is 2.21. The topological polar surface area (TPSA) is 37.3 Å². The van der Waals surface area contributed by atoms with Crippen molar-refractivity contribution in [1.82, 2.24) is 9.47 Å². The van der Waals surface area contributed by atoms with E-state index < -0.39 is 0 Å². The smallest absolute Gasteiger partial charge is 0.322 e. The zero-order valence-corrected chi connectivity index (χ0v) is 15.3. The number of rotatable bonds is 2. The molecule has 0 unspecified atom stereocenters. The number of carbonyl (C=O) groups is 1. The zero-order valence-electron chi connectivity index (χ0n) is 14.5. The van der Waals surface area contributed by atoms with E-state index >= 15 is 0 Å². The largest absolute Gasteiger partial charge is 0.350 e. The number of thioether (sulfide) groups is 1. The maximum Gasteiger partial charge on any atom is 0.322 e. The van der Waals surface area contributed by atoms with Crippen LogP contribution < -0.4 is 5.32 Å². The Balaban J connectivity index is 1.58. The lowest BCUT2D eigenvalue weighted by Crippen LogP contribution is -2.35. The second-order valence-corrected chi connectivity index (χ2v) is 7.29. The van der Waals surface area contributed by atoms with Gasteiger partial charge in [0.1, 0.15) is 0 Å². The third-order valence-corrected chi connectivity index (χ3v) is 5.53. The second kappa shape index (κ2) is 6.48. The molecule has 1 aliphatic rings. The number of carbonyl (C=O) groups excluding carboxylic acids is 1. The van der Waals surface area contributed by atoms with E-state index in [1.165, 1.54) is 22.0 Å². The standard InChI is InChI=1S/C20H21N3OS/c1-22-12-15-9-10-23(13-14-5-3-8-18(22)19(14)15)20(24)21-16-6-4-7-17(11-16)25-2/h3-8,11-12H,9-10,13H2,1-2H3,(H,21,24). The van der Waals surface area contributed by atoms with Crippen molar-refractivity contribution in [2.24, 2.45) is 7.05 Å². The van der Waals surface area contributed by atoms with E-state index in [1.54, 1.807) is 11.8 Å². The Morgan fingerprint density at radius 2 is 2.00 bits per heavy atom. The molecule has 2 aromatic carbocycles. The van der Waals surface area contributed by atoms with Crippen LogP contribution in [0.2, 0.25) is 0 Å². The van der Waals surface area contributed by atoms with Crippen molar-refractivity contribution in [3.05, 3.63) is 59.8 Å². The molecule has 25 heavy (non-hydrogen) atoms. The molecule has 3 aromatic rings. The van der Waals surface area contributed by atoms with Crippen molar-refractivity contribution in [3.8, 4) is 0 Å². The normalized spacial score (nSPS) is 13.8. The third-order valence-electron chi connectivity index (χ3n) is 4.80. The van der Waals surface area contributed by atoms with Gasteiger partial charge < -0.3 is 14.8 Å². The van der Waals surface area contributed by atoms with Crippen LogP contribution in [0, 0.1) is 0 Å². The highest BCUT2D eigenvalue weighted by atomic mass is 32.2. The number of urea groups is 1. The Hall–Kier alpha value is -2.40. The third kappa shape index (κ3) is 3.00. The summed E-state index contributed by atoms with van der Waals surface area (Å²) in [5.74, 6) is 0. The average Bonchev–Trinajstić information content (AvgIpc) is 2.83. The van der Waals surface area contributed by atoms with Gasteiger partial charge in [-0.1, -0.05) is 18.2 Å². The number of hydrogen-bond donors (Lipinski definition) is 1. The van der Waals surface area contributed by atoms with Crippen molar-refractivity contribution in [2.45, 2.75) is 17.9 Å². The Morgan fingerprint density at radius 1 is 1.16 bits per heavy atom. The zero-order chi connectivity index (χ0) is 17.4. The van der Waals surface area contributed by atoms with Crippen LogP contribution in [0.15, 0.2) is 53.6 Å². The van der Waals surface area contributed by atoms with Crippen LogP contribution in [0.25, 0.3) is 10.9 Å². The van der Waals surface area contributed by atoms with E-state index in [1.807, 2.05) is 35.4 Å². The Bertz CT molecular complexity index is 947. The molecule has 0 atom stereocenters. The number of nitrogens with zero attached hydrogens (tertiary/aromatic N) is 2. The SMILES string of the molecule is CSc1cccc(NC(=O)N2CCc3cn(C)c4cccc(c34)C2)c1. The lowest BCUT2D eigenvalue weighted by molar-refractivity contribution is 0.210. The molecule has 1 N–H and O–H groups in total. The predicted octanol–water partition coefficient (Wildman–Crippen LogP) is 4.49. The monoisotopic (exact) mass is 351 g/mol. The first-order valence-electron chi connectivity index (χ1n) is 8.41. The number of aromatic nitrogens is 1. The summed E-state index contributed by atoms with van der Waals surface area (Å²) in [6.45, 7) is 1.37. The maximum absolute atomic E-state index is 12.8. The number of benzene rings is 2. The second-order valence-electron chi connectivity index (χ2n) is 6.41. The minimum Gasteiger partial charge on any atom is -0.350 e. The van der Waals surface area contributed by atoms with Crippen LogP contribution in [0.1, 0.15) is 11.1 Å². The van der Waals surface area contributed by atoms with E-state index in [2.05, 4.69) is 41.3 Å². The Labute approximate surface area is 151 Å². The lowest BCUT2D eigenvalue weighted by Gasteiger charge is -2.22. The molecule has 0 fully saturated rings. The summed E-state index contributed by atoms with van der Waals surface area (Å²) in [6, 6.07) is 14.3. The van der Waals surface area contributed by atoms with Crippen molar-refractivity contribution < 1.29 is 4.79 Å². The fourth-order valence-electron chi connectivity index (χ4n) is 3.56. The maximum atomic E-state index is 12.8. The van der Waals surface area contributed by atoms with Gasteiger partial charge in [0.25, 0.3) is 0 Å².